The molecule has 0 aliphatic carbocycles. The lowest BCUT2D eigenvalue weighted by molar-refractivity contribution is 0.506. The SMILES string of the molecule is CCCNC(=NCc1ccc(F)cc1)NCCc1ccco1. The molecule has 2 N–H and O–H groups in total. The van der Waals surface area contributed by atoms with E-state index >= 15 is 0 Å². The maximum atomic E-state index is 12.9. The summed E-state index contributed by atoms with van der Waals surface area (Å²) in [5.74, 6) is 1.48. The number of aliphatic imine (C=N–C) groups is 1. The van der Waals surface area contributed by atoms with Crippen LogP contribution in [0.1, 0.15) is 24.7 Å². The lowest BCUT2D eigenvalue weighted by Crippen LogP contribution is -2.38. The Kier molecular flexibility index (Phi) is 6.48. The molecule has 2 rings (SSSR count). The summed E-state index contributed by atoms with van der Waals surface area (Å²) in [4.78, 5) is 4.52. The minimum Gasteiger partial charge on any atom is -0.469 e. The number of nitrogens with one attached hydrogen (secondary N) is 2. The highest BCUT2D eigenvalue weighted by atomic mass is 19.1. The highest BCUT2D eigenvalue weighted by Crippen LogP contribution is 2.04. The minimum absolute atomic E-state index is 0.228. The molecule has 118 valence electrons. The Morgan fingerprint density at radius 1 is 1.14 bits per heavy atom. The summed E-state index contributed by atoms with van der Waals surface area (Å²) in [5, 5.41) is 6.54. The molecular formula is C17H22FN3O. The van der Waals surface area contributed by atoms with E-state index < -0.39 is 0 Å². The molecule has 0 unspecified atom stereocenters. The van der Waals surface area contributed by atoms with E-state index in [1.807, 2.05) is 12.1 Å². The Balaban J connectivity index is 1.86. The van der Waals surface area contributed by atoms with Gasteiger partial charge in [-0.05, 0) is 36.2 Å². The molecule has 1 aromatic heterocycles. The maximum absolute atomic E-state index is 12.9. The topological polar surface area (TPSA) is 49.6 Å². The molecule has 0 fully saturated rings. The second kappa shape index (κ2) is 8.87. The summed E-state index contributed by atoms with van der Waals surface area (Å²) in [6, 6.07) is 10.2. The lowest BCUT2D eigenvalue weighted by Gasteiger charge is -2.11. The third-order valence-electron chi connectivity index (χ3n) is 3.12. The van der Waals surface area contributed by atoms with Gasteiger partial charge in [-0.25, -0.2) is 9.38 Å². The van der Waals surface area contributed by atoms with Crippen molar-refractivity contribution in [2.75, 3.05) is 13.1 Å². The summed E-state index contributed by atoms with van der Waals surface area (Å²) < 4.78 is 18.2. The zero-order valence-corrected chi connectivity index (χ0v) is 12.8. The van der Waals surface area contributed by atoms with E-state index in [4.69, 9.17) is 4.42 Å². The first kappa shape index (κ1) is 16.1. The van der Waals surface area contributed by atoms with Gasteiger partial charge in [0.2, 0.25) is 0 Å². The van der Waals surface area contributed by atoms with Crippen LogP contribution in [0, 0.1) is 5.82 Å². The fourth-order valence-corrected chi connectivity index (χ4v) is 1.94. The van der Waals surface area contributed by atoms with Crippen molar-refractivity contribution in [3.63, 3.8) is 0 Å². The van der Waals surface area contributed by atoms with Crippen LogP contribution in [0.4, 0.5) is 4.39 Å². The predicted octanol–water partition coefficient (Wildman–Crippen LogP) is 3.11. The summed E-state index contributed by atoms with van der Waals surface area (Å²) in [5.41, 5.74) is 0.977. The van der Waals surface area contributed by atoms with Crippen molar-refractivity contribution in [3.8, 4) is 0 Å². The van der Waals surface area contributed by atoms with Gasteiger partial charge in [-0.3, -0.25) is 0 Å². The lowest BCUT2D eigenvalue weighted by atomic mass is 10.2. The first-order valence-electron chi connectivity index (χ1n) is 7.57. The van der Waals surface area contributed by atoms with Gasteiger partial charge < -0.3 is 15.1 Å². The molecular weight excluding hydrogens is 281 g/mol. The van der Waals surface area contributed by atoms with Gasteiger partial charge in [-0.1, -0.05) is 19.1 Å². The summed E-state index contributed by atoms with van der Waals surface area (Å²) in [6.07, 6.45) is 3.50. The van der Waals surface area contributed by atoms with Crippen LogP contribution in [0.25, 0.3) is 0 Å². The Labute approximate surface area is 130 Å². The number of rotatable bonds is 7. The van der Waals surface area contributed by atoms with E-state index in [0.29, 0.717) is 6.54 Å². The zero-order valence-electron chi connectivity index (χ0n) is 12.8. The number of furan rings is 1. The van der Waals surface area contributed by atoms with Crippen LogP contribution in [-0.2, 0) is 13.0 Å². The van der Waals surface area contributed by atoms with Crippen molar-refractivity contribution in [2.24, 2.45) is 4.99 Å². The highest BCUT2D eigenvalue weighted by molar-refractivity contribution is 5.79. The molecule has 0 aliphatic rings. The first-order chi connectivity index (χ1) is 10.8. The predicted molar refractivity (Wildman–Crippen MR) is 86.2 cm³/mol. The highest BCUT2D eigenvalue weighted by Gasteiger charge is 2.00. The molecule has 2 aromatic rings. The van der Waals surface area contributed by atoms with E-state index in [2.05, 4.69) is 22.5 Å². The van der Waals surface area contributed by atoms with Crippen molar-refractivity contribution in [2.45, 2.75) is 26.3 Å². The van der Waals surface area contributed by atoms with Crippen molar-refractivity contribution in [3.05, 3.63) is 59.8 Å². The third kappa shape index (κ3) is 5.60. The Bertz CT molecular complexity index is 564. The average molecular weight is 303 g/mol. The van der Waals surface area contributed by atoms with Gasteiger partial charge in [-0.15, -0.1) is 0 Å². The molecule has 0 aliphatic heterocycles. The van der Waals surface area contributed by atoms with Gasteiger partial charge >= 0.3 is 0 Å². The fourth-order valence-electron chi connectivity index (χ4n) is 1.94. The summed E-state index contributed by atoms with van der Waals surface area (Å²) >= 11 is 0. The smallest absolute Gasteiger partial charge is 0.191 e. The number of halogens is 1. The Morgan fingerprint density at radius 2 is 1.91 bits per heavy atom. The van der Waals surface area contributed by atoms with Crippen LogP contribution in [0.3, 0.4) is 0 Å². The number of nitrogens with zero attached hydrogens (tertiary/aromatic N) is 1. The Hall–Kier alpha value is -2.30. The molecule has 0 saturated carbocycles. The molecule has 0 amide bonds. The number of benzene rings is 1. The molecule has 5 heteroatoms. The van der Waals surface area contributed by atoms with Gasteiger partial charge in [-0.2, -0.15) is 0 Å². The molecule has 0 saturated heterocycles. The van der Waals surface area contributed by atoms with Crippen LogP contribution in [0.5, 0.6) is 0 Å². The normalized spacial score (nSPS) is 11.5. The van der Waals surface area contributed by atoms with Gasteiger partial charge in [0.15, 0.2) is 5.96 Å². The van der Waals surface area contributed by atoms with Gasteiger partial charge in [0, 0.05) is 19.5 Å². The summed E-state index contributed by atoms with van der Waals surface area (Å²) in [6.45, 7) is 4.22. The number of guanidine groups is 1. The van der Waals surface area contributed by atoms with E-state index in [1.54, 1.807) is 18.4 Å². The quantitative estimate of drug-likeness (QED) is 0.610. The van der Waals surface area contributed by atoms with Crippen molar-refractivity contribution >= 4 is 5.96 Å². The number of hydrogen-bond donors (Lipinski definition) is 2. The standard InChI is InChI=1S/C17H22FN3O/c1-2-10-19-17(20-11-9-16-4-3-12-22-16)21-13-14-5-7-15(18)8-6-14/h3-8,12H,2,9-11,13H2,1H3,(H2,19,20,21). The molecule has 0 atom stereocenters. The Morgan fingerprint density at radius 3 is 2.59 bits per heavy atom. The zero-order chi connectivity index (χ0) is 15.6. The largest absolute Gasteiger partial charge is 0.469 e. The minimum atomic E-state index is -0.228. The van der Waals surface area contributed by atoms with Crippen molar-refractivity contribution < 1.29 is 8.81 Å². The van der Waals surface area contributed by atoms with E-state index in [0.717, 1.165) is 43.2 Å². The molecule has 0 radical (unpaired) electrons. The fraction of sp³-hybridized carbons (Fsp3) is 0.353. The molecule has 1 aromatic carbocycles. The van der Waals surface area contributed by atoms with E-state index in [-0.39, 0.29) is 5.82 Å². The maximum Gasteiger partial charge on any atom is 0.191 e. The molecule has 1 heterocycles. The van der Waals surface area contributed by atoms with E-state index in [1.165, 1.54) is 12.1 Å². The monoisotopic (exact) mass is 303 g/mol. The molecule has 0 spiro atoms. The summed E-state index contributed by atoms with van der Waals surface area (Å²) in [7, 11) is 0. The van der Waals surface area contributed by atoms with Crippen LogP contribution < -0.4 is 10.6 Å². The second-order valence-electron chi connectivity index (χ2n) is 4.97. The third-order valence-corrected chi connectivity index (χ3v) is 3.12. The first-order valence-corrected chi connectivity index (χ1v) is 7.57. The van der Waals surface area contributed by atoms with Crippen molar-refractivity contribution in [1.29, 1.82) is 0 Å². The van der Waals surface area contributed by atoms with E-state index in [9.17, 15) is 4.39 Å². The van der Waals surface area contributed by atoms with Crippen LogP contribution >= 0.6 is 0 Å². The van der Waals surface area contributed by atoms with Crippen molar-refractivity contribution in [1.82, 2.24) is 10.6 Å². The number of hydrogen-bond acceptors (Lipinski definition) is 2. The van der Waals surface area contributed by atoms with Crippen LogP contribution in [-0.4, -0.2) is 19.0 Å². The molecule has 0 bridgehead atoms. The van der Waals surface area contributed by atoms with Crippen LogP contribution in [0.15, 0.2) is 52.1 Å². The van der Waals surface area contributed by atoms with Gasteiger partial charge in [0.05, 0.1) is 12.8 Å². The van der Waals surface area contributed by atoms with Gasteiger partial charge in [0.25, 0.3) is 0 Å². The second-order valence-corrected chi connectivity index (χ2v) is 4.97. The molecule has 4 nitrogen and oxygen atoms in total. The molecule has 22 heavy (non-hydrogen) atoms. The van der Waals surface area contributed by atoms with Crippen LogP contribution in [0.2, 0.25) is 0 Å². The van der Waals surface area contributed by atoms with Gasteiger partial charge in [0.1, 0.15) is 11.6 Å². The average Bonchev–Trinajstić information content (AvgIpc) is 3.04.